The van der Waals surface area contributed by atoms with Crippen molar-refractivity contribution in [3.05, 3.63) is 78.1 Å². The summed E-state index contributed by atoms with van der Waals surface area (Å²) in [6.07, 6.45) is 0. The molecule has 35 heavy (non-hydrogen) atoms. The molecule has 0 unspecified atom stereocenters. The first-order valence-electron chi connectivity index (χ1n) is 10.4. The molecule has 0 fully saturated rings. The van der Waals surface area contributed by atoms with Crippen LogP contribution in [0.1, 0.15) is 10.4 Å². The van der Waals surface area contributed by atoms with Gasteiger partial charge in [-0.2, -0.15) is 4.80 Å². The summed E-state index contributed by atoms with van der Waals surface area (Å²) < 4.78 is 24.4. The first kappa shape index (κ1) is 23.4. The summed E-state index contributed by atoms with van der Waals surface area (Å²) in [5.74, 6) is -0.447. The minimum Gasteiger partial charge on any atom is -0.497 e. The van der Waals surface area contributed by atoms with Crippen LogP contribution in [-0.2, 0) is 11.3 Å². The molecule has 0 aliphatic carbocycles. The van der Waals surface area contributed by atoms with Gasteiger partial charge >= 0.3 is 0 Å². The van der Waals surface area contributed by atoms with Gasteiger partial charge in [0.25, 0.3) is 5.91 Å². The predicted octanol–water partition coefficient (Wildman–Crippen LogP) is 3.39. The first-order valence-corrected chi connectivity index (χ1v) is 10.4. The molecule has 178 valence electrons. The molecule has 1 aromatic heterocycles. The van der Waals surface area contributed by atoms with Crippen molar-refractivity contribution in [2.24, 2.45) is 0 Å². The molecule has 4 rings (SSSR count). The molecule has 3 aromatic carbocycles. The second kappa shape index (κ2) is 10.4. The summed E-state index contributed by atoms with van der Waals surface area (Å²) in [5, 5.41) is 17.6. The van der Waals surface area contributed by atoms with Crippen molar-refractivity contribution in [3.63, 3.8) is 0 Å². The van der Waals surface area contributed by atoms with E-state index in [1.807, 2.05) is 0 Å². The molecule has 0 aliphatic rings. The van der Waals surface area contributed by atoms with Crippen LogP contribution in [0.15, 0.2) is 66.7 Å². The van der Waals surface area contributed by atoms with Gasteiger partial charge in [-0.05, 0) is 41.6 Å². The molecule has 0 bridgehead atoms. The Kier molecular flexibility index (Phi) is 6.96. The third kappa shape index (κ3) is 5.41. The van der Waals surface area contributed by atoms with Crippen LogP contribution in [0.3, 0.4) is 0 Å². The average molecular weight is 476 g/mol. The zero-order valence-electron chi connectivity index (χ0n) is 18.9. The highest BCUT2D eigenvalue weighted by atomic mass is 19.1. The van der Waals surface area contributed by atoms with Crippen molar-refractivity contribution in [1.82, 2.24) is 20.2 Å². The molecular weight excluding hydrogens is 455 g/mol. The number of ether oxygens (including phenoxy) is 2. The Balaban J connectivity index is 1.48. The summed E-state index contributed by atoms with van der Waals surface area (Å²) in [6.45, 7) is -0.216. The van der Waals surface area contributed by atoms with E-state index in [0.717, 1.165) is 4.80 Å². The minimum absolute atomic E-state index is 0.0930. The van der Waals surface area contributed by atoms with Gasteiger partial charge in [-0.25, -0.2) is 4.39 Å². The molecule has 2 amide bonds. The lowest BCUT2D eigenvalue weighted by Crippen LogP contribution is -2.20. The molecular formula is C24H21FN6O4. The standard InChI is InChI=1S/C24H21FN6O4/c1-34-15-11-12-20(21(13-15)35-2)26-22(32)14-31-29-23(28-30-31)17-8-4-6-10-19(17)27-24(33)16-7-3-5-9-18(16)25/h3-13H,14H2,1-2H3,(H,26,32)(H,27,33). The topological polar surface area (TPSA) is 120 Å². The van der Waals surface area contributed by atoms with Crippen LogP contribution in [0, 0.1) is 5.82 Å². The number of carbonyl (C=O) groups excluding carboxylic acids is 2. The van der Waals surface area contributed by atoms with E-state index in [2.05, 4.69) is 26.0 Å². The number of benzene rings is 3. The number of hydrogen-bond donors (Lipinski definition) is 2. The number of hydrogen-bond acceptors (Lipinski definition) is 7. The molecule has 0 atom stereocenters. The molecule has 0 aliphatic heterocycles. The van der Waals surface area contributed by atoms with Crippen LogP contribution < -0.4 is 20.1 Å². The normalized spacial score (nSPS) is 10.5. The van der Waals surface area contributed by atoms with Gasteiger partial charge in [0.15, 0.2) is 0 Å². The number of tetrazole rings is 1. The summed E-state index contributed by atoms with van der Waals surface area (Å²) in [6, 6.07) is 17.4. The van der Waals surface area contributed by atoms with Gasteiger partial charge in [-0.15, -0.1) is 10.2 Å². The highest BCUT2D eigenvalue weighted by Gasteiger charge is 2.17. The monoisotopic (exact) mass is 476 g/mol. The zero-order valence-corrected chi connectivity index (χ0v) is 18.9. The maximum Gasteiger partial charge on any atom is 0.258 e. The van der Waals surface area contributed by atoms with Crippen molar-refractivity contribution in [2.45, 2.75) is 6.54 Å². The van der Waals surface area contributed by atoms with Crippen molar-refractivity contribution < 1.29 is 23.5 Å². The van der Waals surface area contributed by atoms with E-state index < -0.39 is 17.6 Å². The Morgan fingerprint density at radius 3 is 2.49 bits per heavy atom. The van der Waals surface area contributed by atoms with E-state index in [-0.39, 0.29) is 17.9 Å². The van der Waals surface area contributed by atoms with Gasteiger partial charge < -0.3 is 20.1 Å². The molecule has 11 heteroatoms. The van der Waals surface area contributed by atoms with E-state index in [9.17, 15) is 14.0 Å². The molecule has 0 spiro atoms. The largest absolute Gasteiger partial charge is 0.497 e. The average Bonchev–Trinajstić information content (AvgIpc) is 3.32. The first-order chi connectivity index (χ1) is 17.0. The van der Waals surface area contributed by atoms with Gasteiger partial charge in [0.1, 0.15) is 23.9 Å². The molecule has 0 saturated heterocycles. The fourth-order valence-electron chi connectivity index (χ4n) is 3.26. The SMILES string of the molecule is COc1ccc(NC(=O)Cn2nnc(-c3ccccc3NC(=O)c3ccccc3F)n2)c(OC)c1. The number of aromatic nitrogens is 4. The smallest absolute Gasteiger partial charge is 0.258 e. The molecule has 4 aromatic rings. The molecule has 1 heterocycles. The minimum atomic E-state index is -0.633. The maximum absolute atomic E-state index is 14.0. The Bertz CT molecular complexity index is 1370. The number of nitrogens with zero attached hydrogens (tertiary/aromatic N) is 4. The van der Waals surface area contributed by atoms with Crippen molar-refractivity contribution in [1.29, 1.82) is 0 Å². The highest BCUT2D eigenvalue weighted by Crippen LogP contribution is 2.29. The zero-order chi connectivity index (χ0) is 24.8. The molecule has 10 nitrogen and oxygen atoms in total. The third-order valence-electron chi connectivity index (χ3n) is 4.96. The predicted molar refractivity (Wildman–Crippen MR) is 126 cm³/mol. The molecule has 2 N–H and O–H groups in total. The number of rotatable bonds is 8. The van der Waals surface area contributed by atoms with Crippen molar-refractivity contribution in [3.8, 4) is 22.9 Å². The number of halogens is 1. The van der Waals surface area contributed by atoms with E-state index in [0.29, 0.717) is 28.4 Å². The Morgan fingerprint density at radius 2 is 1.71 bits per heavy atom. The number of nitrogens with one attached hydrogen (secondary N) is 2. The second-order valence-corrected chi connectivity index (χ2v) is 7.24. The maximum atomic E-state index is 14.0. The van der Waals surface area contributed by atoms with E-state index in [4.69, 9.17) is 9.47 Å². The number of anilines is 2. The summed E-state index contributed by atoms with van der Waals surface area (Å²) in [4.78, 5) is 26.2. The van der Waals surface area contributed by atoms with E-state index in [1.54, 1.807) is 48.5 Å². The second-order valence-electron chi connectivity index (χ2n) is 7.24. The van der Waals surface area contributed by atoms with Crippen LogP contribution in [0.4, 0.5) is 15.8 Å². The van der Waals surface area contributed by atoms with Gasteiger partial charge in [-0.1, -0.05) is 24.3 Å². The number of methoxy groups -OCH3 is 2. The Hall–Kier alpha value is -4.80. The number of amides is 2. The fraction of sp³-hybridized carbons (Fsp3) is 0.125. The number of para-hydroxylation sites is 1. The lowest BCUT2D eigenvalue weighted by Gasteiger charge is -2.11. The van der Waals surface area contributed by atoms with Crippen LogP contribution in [0.25, 0.3) is 11.4 Å². The van der Waals surface area contributed by atoms with Crippen LogP contribution >= 0.6 is 0 Å². The van der Waals surface area contributed by atoms with E-state index in [1.165, 1.54) is 32.4 Å². The van der Waals surface area contributed by atoms with E-state index >= 15 is 0 Å². The quantitative estimate of drug-likeness (QED) is 0.400. The van der Waals surface area contributed by atoms with Gasteiger partial charge in [0.2, 0.25) is 11.7 Å². The Morgan fingerprint density at radius 1 is 0.943 bits per heavy atom. The highest BCUT2D eigenvalue weighted by molar-refractivity contribution is 6.06. The van der Waals surface area contributed by atoms with Gasteiger partial charge in [-0.3, -0.25) is 9.59 Å². The number of carbonyl (C=O) groups is 2. The fourth-order valence-corrected chi connectivity index (χ4v) is 3.26. The summed E-state index contributed by atoms with van der Waals surface area (Å²) >= 11 is 0. The lowest BCUT2D eigenvalue weighted by molar-refractivity contribution is -0.117. The summed E-state index contributed by atoms with van der Waals surface area (Å²) in [7, 11) is 3.02. The van der Waals surface area contributed by atoms with Crippen LogP contribution in [0.5, 0.6) is 11.5 Å². The third-order valence-corrected chi connectivity index (χ3v) is 4.96. The summed E-state index contributed by atoms with van der Waals surface area (Å²) in [5.41, 5.74) is 1.19. The molecule has 0 radical (unpaired) electrons. The van der Waals surface area contributed by atoms with Crippen LogP contribution in [-0.4, -0.2) is 46.2 Å². The van der Waals surface area contributed by atoms with Gasteiger partial charge in [0.05, 0.1) is 31.2 Å². The van der Waals surface area contributed by atoms with Crippen molar-refractivity contribution >= 4 is 23.2 Å². The van der Waals surface area contributed by atoms with Crippen LogP contribution in [0.2, 0.25) is 0 Å². The van der Waals surface area contributed by atoms with Gasteiger partial charge in [0, 0.05) is 11.6 Å². The molecule has 0 saturated carbocycles. The lowest BCUT2D eigenvalue weighted by atomic mass is 10.1. The Labute approximate surface area is 199 Å². The van der Waals surface area contributed by atoms with Crippen molar-refractivity contribution in [2.75, 3.05) is 24.9 Å².